The molecule has 0 radical (unpaired) electrons. The van der Waals surface area contributed by atoms with Crippen molar-refractivity contribution < 1.29 is 0 Å². The van der Waals surface area contributed by atoms with Gasteiger partial charge in [0.25, 0.3) is 0 Å². The molecular formula is C53H34N2S. The number of benzene rings is 8. The van der Waals surface area contributed by atoms with Crippen LogP contribution in [0.4, 0.5) is 0 Å². The van der Waals surface area contributed by atoms with Crippen LogP contribution >= 0.6 is 11.3 Å². The van der Waals surface area contributed by atoms with E-state index in [0.717, 1.165) is 28.1 Å². The number of fused-ring (bicyclic) bond motifs is 6. The predicted molar refractivity (Wildman–Crippen MR) is 234 cm³/mol. The zero-order valence-electron chi connectivity index (χ0n) is 30.4. The van der Waals surface area contributed by atoms with E-state index in [2.05, 4.69) is 200 Å². The van der Waals surface area contributed by atoms with Gasteiger partial charge in [0.2, 0.25) is 0 Å². The Bertz CT molecular complexity index is 3040. The Labute approximate surface area is 330 Å². The molecule has 8 aromatic carbocycles. The van der Waals surface area contributed by atoms with Crippen molar-refractivity contribution in [2.45, 2.75) is 5.41 Å². The Morgan fingerprint density at radius 1 is 0.375 bits per heavy atom. The van der Waals surface area contributed by atoms with Crippen molar-refractivity contribution in [3.05, 3.63) is 229 Å². The van der Waals surface area contributed by atoms with Gasteiger partial charge in [0.15, 0.2) is 5.82 Å². The van der Waals surface area contributed by atoms with E-state index in [4.69, 9.17) is 9.97 Å². The lowest BCUT2D eigenvalue weighted by atomic mass is 9.67. The van der Waals surface area contributed by atoms with Crippen molar-refractivity contribution in [1.82, 2.24) is 9.97 Å². The minimum atomic E-state index is -0.496. The van der Waals surface area contributed by atoms with E-state index in [1.807, 2.05) is 17.4 Å². The van der Waals surface area contributed by atoms with Gasteiger partial charge in [-0.25, -0.2) is 9.97 Å². The van der Waals surface area contributed by atoms with Gasteiger partial charge in [0.1, 0.15) is 0 Å². The number of aromatic nitrogens is 2. The molecule has 0 aliphatic heterocycles. The highest BCUT2D eigenvalue weighted by molar-refractivity contribution is 7.26. The molecule has 0 atom stereocenters. The SMILES string of the molecule is c1ccc(-c2nc(-c3cccc(-c4cccc5c4sc4ccccc45)c3)cc(-c3cccc4c3-c3ccccc3C4(c3ccccc3)c3ccccc3)n2)cc1. The highest BCUT2D eigenvalue weighted by Crippen LogP contribution is 2.58. The van der Waals surface area contributed by atoms with Crippen molar-refractivity contribution in [3.8, 4) is 56.2 Å². The summed E-state index contributed by atoms with van der Waals surface area (Å²) >= 11 is 1.86. The monoisotopic (exact) mass is 730 g/mol. The maximum Gasteiger partial charge on any atom is 0.160 e. The minimum absolute atomic E-state index is 0.496. The van der Waals surface area contributed by atoms with Crippen LogP contribution in [-0.2, 0) is 5.41 Å². The minimum Gasteiger partial charge on any atom is -0.228 e. The molecule has 0 N–H and O–H groups in total. The predicted octanol–water partition coefficient (Wildman–Crippen LogP) is 13.9. The van der Waals surface area contributed by atoms with Crippen LogP contribution in [0.2, 0.25) is 0 Å². The molecule has 11 rings (SSSR count). The van der Waals surface area contributed by atoms with Gasteiger partial charge in [-0.3, -0.25) is 0 Å². The van der Waals surface area contributed by atoms with E-state index >= 15 is 0 Å². The van der Waals surface area contributed by atoms with Crippen LogP contribution in [0.25, 0.3) is 76.3 Å². The van der Waals surface area contributed by atoms with E-state index in [-0.39, 0.29) is 0 Å². The maximum atomic E-state index is 5.38. The molecule has 3 heteroatoms. The van der Waals surface area contributed by atoms with E-state index in [0.29, 0.717) is 5.82 Å². The third-order valence-electron chi connectivity index (χ3n) is 11.4. The largest absolute Gasteiger partial charge is 0.228 e. The van der Waals surface area contributed by atoms with Crippen molar-refractivity contribution in [3.63, 3.8) is 0 Å². The fraction of sp³-hybridized carbons (Fsp3) is 0.0189. The average molecular weight is 731 g/mol. The molecule has 0 bridgehead atoms. The van der Waals surface area contributed by atoms with Gasteiger partial charge in [-0.15, -0.1) is 11.3 Å². The van der Waals surface area contributed by atoms with Gasteiger partial charge in [-0.05, 0) is 62.7 Å². The molecule has 262 valence electrons. The van der Waals surface area contributed by atoms with Crippen LogP contribution < -0.4 is 0 Å². The third kappa shape index (κ3) is 5.02. The summed E-state index contributed by atoms with van der Waals surface area (Å²) in [4.78, 5) is 10.7. The second-order valence-electron chi connectivity index (χ2n) is 14.4. The van der Waals surface area contributed by atoms with E-state index < -0.39 is 5.41 Å². The maximum absolute atomic E-state index is 5.38. The van der Waals surface area contributed by atoms with Crippen LogP contribution in [0, 0.1) is 0 Å². The lowest BCUT2D eigenvalue weighted by Crippen LogP contribution is -2.28. The first-order valence-corrected chi connectivity index (χ1v) is 19.9. The molecule has 2 heterocycles. The number of nitrogens with zero attached hydrogens (tertiary/aromatic N) is 2. The Morgan fingerprint density at radius 2 is 0.929 bits per heavy atom. The smallest absolute Gasteiger partial charge is 0.160 e. The Kier molecular flexibility index (Phi) is 7.61. The Hall–Kier alpha value is -6.94. The van der Waals surface area contributed by atoms with Gasteiger partial charge in [-0.1, -0.05) is 188 Å². The molecule has 0 spiro atoms. The molecule has 0 saturated carbocycles. The number of hydrogen-bond acceptors (Lipinski definition) is 3. The molecule has 56 heavy (non-hydrogen) atoms. The molecule has 2 aromatic heterocycles. The third-order valence-corrected chi connectivity index (χ3v) is 12.6. The van der Waals surface area contributed by atoms with Gasteiger partial charge >= 0.3 is 0 Å². The second kappa shape index (κ2) is 13.1. The molecular weight excluding hydrogens is 697 g/mol. The van der Waals surface area contributed by atoms with Crippen LogP contribution in [-0.4, -0.2) is 9.97 Å². The molecule has 1 aliphatic carbocycles. The van der Waals surface area contributed by atoms with E-state index in [1.165, 1.54) is 64.7 Å². The van der Waals surface area contributed by atoms with Crippen molar-refractivity contribution in [2.24, 2.45) is 0 Å². The van der Waals surface area contributed by atoms with Crippen LogP contribution in [0.15, 0.2) is 206 Å². The van der Waals surface area contributed by atoms with Crippen molar-refractivity contribution >= 4 is 31.5 Å². The lowest BCUT2D eigenvalue weighted by Gasteiger charge is -2.33. The Balaban J connectivity index is 1.14. The van der Waals surface area contributed by atoms with Gasteiger partial charge in [0, 0.05) is 36.9 Å². The first kappa shape index (κ1) is 32.5. The quantitative estimate of drug-likeness (QED) is 0.170. The standard InChI is InChI=1S/C53H34N2S/c1-4-17-35(18-5-1)52-54-47(37-20-14-19-36(33-37)40-27-15-28-42-41-25-11-13-32-49(41)56-51(40)42)34-48(55-52)44-29-16-31-46-50(44)43-26-10-12-30-45(43)53(46,38-21-6-2-7-22-38)39-23-8-3-9-24-39/h1-34H. The topological polar surface area (TPSA) is 25.8 Å². The van der Waals surface area contributed by atoms with Gasteiger partial charge in [-0.2, -0.15) is 0 Å². The normalized spacial score (nSPS) is 12.8. The van der Waals surface area contributed by atoms with E-state index in [1.54, 1.807) is 0 Å². The summed E-state index contributed by atoms with van der Waals surface area (Å²) < 4.78 is 2.61. The number of thiophene rings is 1. The fourth-order valence-electron chi connectivity index (χ4n) is 8.98. The van der Waals surface area contributed by atoms with Crippen LogP contribution in [0.3, 0.4) is 0 Å². The molecule has 0 fully saturated rings. The summed E-state index contributed by atoms with van der Waals surface area (Å²) in [5.74, 6) is 0.705. The van der Waals surface area contributed by atoms with Gasteiger partial charge < -0.3 is 0 Å². The summed E-state index contributed by atoms with van der Waals surface area (Å²) in [7, 11) is 0. The molecule has 0 amide bonds. The summed E-state index contributed by atoms with van der Waals surface area (Å²) in [6.07, 6.45) is 0. The van der Waals surface area contributed by atoms with Crippen LogP contribution in [0.5, 0.6) is 0 Å². The fourth-order valence-corrected chi connectivity index (χ4v) is 10.2. The molecule has 2 nitrogen and oxygen atoms in total. The molecule has 0 unspecified atom stereocenters. The highest BCUT2D eigenvalue weighted by atomic mass is 32.1. The van der Waals surface area contributed by atoms with Crippen LogP contribution in [0.1, 0.15) is 22.3 Å². The number of rotatable bonds is 6. The van der Waals surface area contributed by atoms with Gasteiger partial charge in [0.05, 0.1) is 16.8 Å². The molecule has 1 aliphatic rings. The summed E-state index contributed by atoms with van der Waals surface area (Å²) in [6.45, 7) is 0. The van der Waals surface area contributed by atoms with E-state index in [9.17, 15) is 0 Å². The zero-order valence-corrected chi connectivity index (χ0v) is 31.2. The highest BCUT2D eigenvalue weighted by Gasteiger charge is 2.46. The first-order valence-electron chi connectivity index (χ1n) is 19.1. The zero-order chi connectivity index (χ0) is 37.1. The first-order chi connectivity index (χ1) is 27.8. The molecule has 10 aromatic rings. The number of hydrogen-bond donors (Lipinski definition) is 0. The second-order valence-corrected chi connectivity index (χ2v) is 15.5. The van der Waals surface area contributed by atoms with Crippen molar-refractivity contribution in [1.29, 1.82) is 0 Å². The van der Waals surface area contributed by atoms with Crippen molar-refractivity contribution in [2.75, 3.05) is 0 Å². The molecule has 0 saturated heterocycles. The Morgan fingerprint density at radius 3 is 1.73 bits per heavy atom. The summed E-state index contributed by atoms with van der Waals surface area (Å²) in [5, 5.41) is 2.60. The summed E-state index contributed by atoms with van der Waals surface area (Å²) in [5.41, 5.74) is 14.3. The lowest BCUT2D eigenvalue weighted by molar-refractivity contribution is 0.768. The summed E-state index contributed by atoms with van der Waals surface area (Å²) in [6, 6.07) is 74.4. The average Bonchev–Trinajstić information content (AvgIpc) is 3.81.